The van der Waals surface area contributed by atoms with Gasteiger partial charge >= 0.3 is 5.97 Å². The monoisotopic (exact) mass is 466 g/mol. The first-order valence-electron chi connectivity index (χ1n) is 10.0. The van der Waals surface area contributed by atoms with Gasteiger partial charge in [0, 0.05) is 23.4 Å². The minimum absolute atomic E-state index is 0.0963. The smallest absolute Gasteiger partial charge is 0.341 e. The van der Waals surface area contributed by atoms with E-state index in [0.717, 1.165) is 9.78 Å². The number of aryl methyl sites for hydroxylation is 1. The summed E-state index contributed by atoms with van der Waals surface area (Å²) in [5, 5.41) is 2.98. The molecular weight excluding hydrogens is 447 g/mol. The predicted molar refractivity (Wildman–Crippen MR) is 121 cm³/mol. The number of methoxy groups -OCH3 is 1. The van der Waals surface area contributed by atoms with E-state index in [-0.39, 0.29) is 23.5 Å². The zero-order valence-electron chi connectivity index (χ0n) is 17.8. The van der Waals surface area contributed by atoms with Crippen molar-refractivity contribution in [3.8, 4) is 11.1 Å². The number of hydrogen-bond acceptors (Lipinski definition) is 6. The topological polar surface area (TPSA) is 92.8 Å². The molecule has 168 valence electrons. The highest BCUT2D eigenvalue weighted by atomic mass is 32.1. The average Bonchev–Trinajstić information content (AvgIpc) is 3.26. The van der Waals surface area contributed by atoms with Gasteiger partial charge in [-0.2, -0.15) is 0 Å². The van der Waals surface area contributed by atoms with E-state index in [1.807, 2.05) is 0 Å². The Kier molecular flexibility index (Phi) is 6.06. The van der Waals surface area contributed by atoms with E-state index in [2.05, 4.69) is 5.32 Å². The number of rotatable bonds is 6. The summed E-state index contributed by atoms with van der Waals surface area (Å²) in [5.74, 6) is -2.40. The Morgan fingerprint density at radius 2 is 1.64 bits per heavy atom. The summed E-state index contributed by atoms with van der Waals surface area (Å²) in [6.07, 6.45) is -0.144. The molecule has 4 rings (SSSR count). The molecule has 0 bridgehead atoms. The van der Waals surface area contributed by atoms with Crippen molar-refractivity contribution >= 4 is 40.0 Å². The van der Waals surface area contributed by atoms with Crippen molar-refractivity contribution in [3.05, 3.63) is 75.9 Å². The van der Waals surface area contributed by atoms with E-state index in [9.17, 15) is 23.6 Å². The molecule has 33 heavy (non-hydrogen) atoms. The van der Waals surface area contributed by atoms with Crippen LogP contribution in [0.4, 0.5) is 9.39 Å². The van der Waals surface area contributed by atoms with Gasteiger partial charge in [-0.3, -0.25) is 19.3 Å². The van der Waals surface area contributed by atoms with E-state index < -0.39 is 29.5 Å². The Morgan fingerprint density at radius 1 is 1.03 bits per heavy atom. The minimum Gasteiger partial charge on any atom is -0.465 e. The predicted octanol–water partition coefficient (Wildman–Crippen LogP) is 4.27. The van der Waals surface area contributed by atoms with Crippen LogP contribution in [-0.4, -0.2) is 42.2 Å². The highest BCUT2D eigenvalue weighted by Crippen LogP contribution is 2.40. The van der Waals surface area contributed by atoms with Crippen molar-refractivity contribution in [2.45, 2.75) is 13.3 Å². The molecule has 3 aromatic rings. The molecule has 9 heteroatoms. The number of ether oxygens (including phenoxy) is 1. The summed E-state index contributed by atoms with van der Waals surface area (Å²) in [4.78, 5) is 51.9. The number of nitrogens with one attached hydrogen (secondary N) is 1. The summed E-state index contributed by atoms with van der Waals surface area (Å²) < 4.78 is 18.3. The van der Waals surface area contributed by atoms with E-state index >= 15 is 0 Å². The number of carbonyl (C=O) groups is 4. The maximum absolute atomic E-state index is 13.4. The van der Waals surface area contributed by atoms with Gasteiger partial charge in [0.15, 0.2) is 0 Å². The fourth-order valence-electron chi connectivity index (χ4n) is 3.74. The first kappa shape index (κ1) is 22.3. The van der Waals surface area contributed by atoms with Crippen LogP contribution in [0.5, 0.6) is 0 Å². The van der Waals surface area contributed by atoms with E-state index in [0.29, 0.717) is 22.3 Å². The van der Waals surface area contributed by atoms with Crippen LogP contribution in [0, 0.1) is 12.7 Å². The van der Waals surface area contributed by atoms with Crippen molar-refractivity contribution in [2.75, 3.05) is 19.0 Å². The molecular formula is C24H19FN2O5S. The van der Waals surface area contributed by atoms with Crippen LogP contribution >= 0.6 is 11.3 Å². The zero-order valence-corrected chi connectivity index (χ0v) is 18.6. The van der Waals surface area contributed by atoms with Crippen molar-refractivity contribution in [1.29, 1.82) is 0 Å². The molecule has 0 unspecified atom stereocenters. The maximum Gasteiger partial charge on any atom is 0.341 e. The normalized spacial score (nSPS) is 12.6. The van der Waals surface area contributed by atoms with Crippen molar-refractivity contribution < 1.29 is 28.3 Å². The van der Waals surface area contributed by atoms with Gasteiger partial charge in [0.2, 0.25) is 5.91 Å². The van der Waals surface area contributed by atoms with Crippen LogP contribution in [0.25, 0.3) is 11.1 Å². The Hall–Kier alpha value is -3.85. The number of esters is 1. The second-order valence-corrected chi connectivity index (χ2v) is 8.57. The Labute approximate surface area is 192 Å². The molecule has 1 aromatic heterocycles. The highest BCUT2D eigenvalue weighted by Gasteiger charge is 2.35. The molecule has 0 radical (unpaired) electrons. The van der Waals surface area contributed by atoms with Crippen LogP contribution in [0.2, 0.25) is 0 Å². The van der Waals surface area contributed by atoms with Crippen LogP contribution in [0.3, 0.4) is 0 Å². The highest BCUT2D eigenvalue weighted by molar-refractivity contribution is 7.17. The average molecular weight is 466 g/mol. The molecule has 2 heterocycles. The summed E-state index contributed by atoms with van der Waals surface area (Å²) in [6, 6.07) is 12.2. The lowest BCUT2D eigenvalue weighted by molar-refractivity contribution is -0.116. The molecule has 0 aliphatic carbocycles. The number of carbonyl (C=O) groups excluding carboxylic acids is 4. The second-order valence-electron chi connectivity index (χ2n) is 7.34. The Morgan fingerprint density at radius 3 is 2.21 bits per heavy atom. The molecule has 0 saturated carbocycles. The molecule has 0 spiro atoms. The van der Waals surface area contributed by atoms with E-state index in [4.69, 9.17) is 4.74 Å². The number of anilines is 1. The number of amides is 3. The summed E-state index contributed by atoms with van der Waals surface area (Å²) in [6.45, 7) is 1.69. The third-order valence-electron chi connectivity index (χ3n) is 5.30. The lowest BCUT2D eigenvalue weighted by Gasteiger charge is -2.13. The molecule has 1 aliphatic rings. The standard InChI is InChI=1S/C24H19FN2O5S/c1-13-19(14-7-9-15(25)10-8-14)20(24(31)32-2)21(33-13)26-18(28)11-12-27-22(29)16-5-3-4-6-17(16)23(27)30/h3-10H,11-12H2,1-2H3,(H,26,28). The van der Waals surface area contributed by atoms with Gasteiger partial charge in [-0.05, 0) is 36.8 Å². The quantitative estimate of drug-likeness (QED) is 0.433. The third-order valence-corrected chi connectivity index (χ3v) is 6.32. The number of fused-ring (bicyclic) bond motifs is 1. The van der Waals surface area contributed by atoms with Crippen LogP contribution in [-0.2, 0) is 9.53 Å². The number of hydrogen-bond donors (Lipinski definition) is 1. The van der Waals surface area contributed by atoms with Gasteiger partial charge in [0.1, 0.15) is 16.4 Å². The Balaban J connectivity index is 1.53. The fraction of sp³-hybridized carbons (Fsp3) is 0.167. The van der Waals surface area contributed by atoms with Gasteiger partial charge < -0.3 is 10.1 Å². The Bertz CT molecular complexity index is 1250. The van der Waals surface area contributed by atoms with Crippen LogP contribution in [0.15, 0.2) is 48.5 Å². The fourth-order valence-corrected chi connectivity index (χ4v) is 4.82. The number of nitrogens with zero attached hydrogens (tertiary/aromatic N) is 1. The summed E-state index contributed by atoms with van der Waals surface area (Å²) in [5.41, 5.74) is 1.95. The third kappa shape index (κ3) is 4.14. The van der Waals surface area contributed by atoms with Gasteiger partial charge in [0.25, 0.3) is 11.8 Å². The first-order chi connectivity index (χ1) is 15.8. The maximum atomic E-state index is 13.4. The number of thiophene rings is 1. The minimum atomic E-state index is -0.644. The molecule has 0 fully saturated rings. The first-order valence-corrected chi connectivity index (χ1v) is 10.9. The number of benzene rings is 2. The second kappa shape index (κ2) is 8.95. The van der Waals surface area contributed by atoms with E-state index in [1.54, 1.807) is 43.3 Å². The molecule has 1 aliphatic heterocycles. The van der Waals surface area contributed by atoms with Crippen molar-refractivity contribution in [3.63, 3.8) is 0 Å². The zero-order chi connectivity index (χ0) is 23.7. The molecule has 7 nitrogen and oxygen atoms in total. The molecule has 0 saturated heterocycles. The molecule has 1 N–H and O–H groups in total. The molecule has 2 aromatic carbocycles. The van der Waals surface area contributed by atoms with Crippen molar-refractivity contribution in [2.24, 2.45) is 0 Å². The van der Waals surface area contributed by atoms with Crippen LogP contribution < -0.4 is 5.32 Å². The van der Waals surface area contributed by atoms with Gasteiger partial charge in [-0.15, -0.1) is 11.3 Å². The van der Waals surface area contributed by atoms with Gasteiger partial charge in [0.05, 0.1) is 18.2 Å². The van der Waals surface area contributed by atoms with E-state index in [1.165, 1.54) is 30.6 Å². The van der Waals surface area contributed by atoms with Gasteiger partial charge in [-0.1, -0.05) is 24.3 Å². The summed E-state index contributed by atoms with van der Waals surface area (Å²) >= 11 is 1.19. The molecule has 0 atom stereocenters. The number of imide groups is 1. The SMILES string of the molecule is COC(=O)c1c(NC(=O)CCN2C(=O)c3ccccc3C2=O)sc(C)c1-c1ccc(F)cc1. The number of halogens is 1. The summed E-state index contributed by atoms with van der Waals surface area (Å²) in [7, 11) is 1.23. The van der Waals surface area contributed by atoms with Gasteiger partial charge in [-0.25, -0.2) is 9.18 Å². The lowest BCUT2D eigenvalue weighted by Crippen LogP contribution is -2.32. The van der Waals surface area contributed by atoms with Crippen LogP contribution in [0.1, 0.15) is 42.4 Å². The lowest BCUT2D eigenvalue weighted by atomic mass is 10.0. The van der Waals surface area contributed by atoms with Crippen molar-refractivity contribution in [1.82, 2.24) is 4.90 Å². The largest absolute Gasteiger partial charge is 0.465 e. The molecule has 3 amide bonds.